The highest BCUT2D eigenvalue weighted by molar-refractivity contribution is 7.11. The highest BCUT2D eigenvalue weighted by Gasteiger charge is 2.19. The van der Waals surface area contributed by atoms with Crippen molar-refractivity contribution in [3.8, 4) is 5.95 Å². The molecule has 116 valence electrons. The average molecular weight is 322 g/mol. The molecule has 7 nitrogen and oxygen atoms in total. The molecule has 0 bridgehead atoms. The van der Waals surface area contributed by atoms with Gasteiger partial charge in [0, 0.05) is 6.54 Å². The monoisotopic (exact) mass is 322 g/mol. The Labute approximate surface area is 130 Å². The van der Waals surface area contributed by atoms with Crippen molar-refractivity contribution in [3.63, 3.8) is 0 Å². The Morgan fingerprint density at radius 3 is 2.64 bits per heavy atom. The number of nitrogens with zero attached hydrogens (tertiary/aromatic N) is 1. The van der Waals surface area contributed by atoms with Crippen LogP contribution >= 0.6 is 11.3 Å². The van der Waals surface area contributed by atoms with Crippen LogP contribution in [0.2, 0.25) is 0 Å². The number of hydrogen-bond acceptors (Lipinski definition) is 6. The maximum absolute atomic E-state index is 11.7. The molecule has 0 saturated carbocycles. The van der Waals surface area contributed by atoms with E-state index in [1.165, 1.54) is 14.2 Å². The molecule has 0 aliphatic carbocycles. The van der Waals surface area contributed by atoms with Crippen LogP contribution in [-0.4, -0.2) is 26.2 Å². The van der Waals surface area contributed by atoms with Crippen LogP contribution in [-0.2, 0) is 11.3 Å². The van der Waals surface area contributed by atoms with E-state index in [-0.39, 0.29) is 15.7 Å². The van der Waals surface area contributed by atoms with E-state index in [0.717, 1.165) is 16.9 Å². The summed E-state index contributed by atoms with van der Waals surface area (Å²) in [5.41, 5.74) is 0.946. The van der Waals surface area contributed by atoms with Gasteiger partial charge in [-0.1, -0.05) is 41.7 Å². The number of urea groups is 1. The largest absolute Gasteiger partial charge is 0.467 e. The van der Waals surface area contributed by atoms with Gasteiger partial charge in [0.2, 0.25) is 0 Å². The Morgan fingerprint density at radius 1 is 1.27 bits per heavy atom. The lowest BCUT2D eigenvalue weighted by molar-refractivity contribution is 0.0599. The topological polar surface area (TPSA) is 90.1 Å². The molecular weight excluding hydrogens is 308 g/mol. The maximum atomic E-state index is 11.7. The van der Waals surface area contributed by atoms with Gasteiger partial charge in [0.1, 0.15) is 0 Å². The van der Waals surface area contributed by atoms with E-state index in [1.54, 1.807) is 0 Å². The highest BCUT2D eigenvalue weighted by Crippen LogP contribution is 2.21. The first-order valence-electron chi connectivity index (χ1n) is 6.26. The molecule has 0 aliphatic rings. The van der Waals surface area contributed by atoms with E-state index in [2.05, 4.69) is 15.0 Å². The molecule has 1 N–H and O–H groups in total. The summed E-state index contributed by atoms with van der Waals surface area (Å²) >= 11 is 0.873. The van der Waals surface area contributed by atoms with Gasteiger partial charge in [-0.05, 0) is 5.56 Å². The van der Waals surface area contributed by atoms with Gasteiger partial charge in [0.05, 0.1) is 14.2 Å². The fraction of sp³-hybridized carbons (Fsp3) is 0.214. The number of carbonyl (C=O) groups is 2. The van der Waals surface area contributed by atoms with Gasteiger partial charge in [-0.3, -0.25) is 0 Å². The third-order valence-corrected chi connectivity index (χ3v) is 3.48. The molecule has 8 heteroatoms. The summed E-state index contributed by atoms with van der Waals surface area (Å²) in [7, 11) is 2.59. The van der Waals surface area contributed by atoms with Gasteiger partial charge in [-0.25, -0.2) is 9.59 Å². The molecule has 22 heavy (non-hydrogen) atoms. The van der Waals surface area contributed by atoms with Crippen LogP contribution < -0.4 is 14.9 Å². The molecule has 0 atom stereocenters. The summed E-state index contributed by atoms with van der Waals surface area (Å²) in [5, 5.41) is 2.62. The van der Waals surface area contributed by atoms with Crippen molar-refractivity contribution in [3.05, 3.63) is 45.6 Å². The minimum atomic E-state index is -0.614. The second kappa shape index (κ2) is 7.41. The lowest BCUT2D eigenvalue weighted by Gasteiger charge is -2.00. The molecule has 2 rings (SSSR count). The Bertz CT molecular complexity index is 720. The Hall–Kier alpha value is -2.61. The number of amides is 2. The molecule has 1 aromatic heterocycles. The van der Waals surface area contributed by atoms with Crippen molar-refractivity contribution < 1.29 is 23.5 Å². The Morgan fingerprint density at radius 2 is 2.00 bits per heavy atom. The number of ether oxygens (including phenoxy) is 2. The summed E-state index contributed by atoms with van der Waals surface area (Å²) < 4.78 is 14.7. The highest BCUT2D eigenvalue weighted by atomic mass is 32.1. The summed E-state index contributed by atoms with van der Waals surface area (Å²) in [6, 6.07) is 8.83. The zero-order chi connectivity index (χ0) is 15.9. The molecular formula is C14H14N2O5S. The lowest BCUT2D eigenvalue weighted by Crippen LogP contribution is -2.20. The van der Waals surface area contributed by atoms with Crippen LogP contribution in [0.3, 0.4) is 0 Å². The van der Waals surface area contributed by atoms with Gasteiger partial charge in [-0.15, -0.1) is 4.99 Å². The van der Waals surface area contributed by atoms with Crippen LogP contribution in [0.5, 0.6) is 5.95 Å². The first-order chi connectivity index (χ1) is 10.6. The molecule has 2 aromatic rings. The third kappa shape index (κ3) is 3.95. The summed E-state index contributed by atoms with van der Waals surface area (Å²) in [5.74, 6) is -0.650. The number of hydrogen-bond donors (Lipinski definition) is 1. The van der Waals surface area contributed by atoms with E-state index >= 15 is 0 Å². The van der Waals surface area contributed by atoms with E-state index in [9.17, 15) is 9.59 Å². The van der Waals surface area contributed by atoms with Crippen LogP contribution in [0.25, 0.3) is 0 Å². The van der Waals surface area contributed by atoms with Crippen LogP contribution in [0.1, 0.15) is 15.2 Å². The number of esters is 1. The summed E-state index contributed by atoms with van der Waals surface area (Å²) in [6.07, 6.45) is 0. The minimum absolute atomic E-state index is 0.00260. The van der Waals surface area contributed by atoms with Crippen molar-refractivity contribution in [2.75, 3.05) is 14.2 Å². The smallest absolute Gasteiger partial charge is 0.355 e. The van der Waals surface area contributed by atoms with Gasteiger partial charge >= 0.3 is 17.9 Å². The zero-order valence-electron chi connectivity index (χ0n) is 12.0. The SMILES string of the molecule is COC(=O)c1s/c(=N/C(=O)NCc2ccccc2)oc1OC. The molecule has 0 fully saturated rings. The molecule has 2 amide bonds. The van der Waals surface area contributed by atoms with Crippen molar-refractivity contribution in [1.82, 2.24) is 5.32 Å². The first-order valence-corrected chi connectivity index (χ1v) is 7.08. The van der Waals surface area contributed by atoms with Crippen LogP contribution in [0.4, 0.5) is 4.79 Å². The van der Waals surface area contributed by atoms with Crippen molar-refractivity contribution in [1.29, 1.82) is 0 Å². The Balaban J connectivity index is 2.10. The van der Waals surface area contributed by atoms with E-state index in [4.69, 9.17) is 9.15 Å². The predicted molar refractivity (Wildman–Crippen MR) is 78.7 cm³/mol. The molecule has 0 spiro atoms. The maximum Gasteiger partial charge on any atom is 0.355 e. The lowest BCUT2D eigenvalue weighted by atomic mass is 10.2. The second-order valence-electron chi connectivity index (χ2n) is 4.04. The molecule has 1 heterocycles. The average Bonchev–Trinajstić information content (AvgIpc) is 2.96. The van der Waals surface area contributed by atoms with Crippen molar-refractivity contribution >= 4 is 23.3 Å². The normalized spacial score (nSPS) is 11.1. The predicted octanol–water partition coefficient (Wildman–Crippen LogP) is 1.95. The zero-order valence-corrected chi connectivity index (χ0v) is 12.8. The standard InChI is InChI=1S/C14H14N2O5S/c1-19-11(17)10-12(20-2)21-14(22-10)16-13(18)15-8-9-6-4-3-5-7-9/h3-7H,8H2,1-2H3,(H,15,18)/b16-14+. The molecule has 0 aliphatic heterocycles. The second-order valence-corrected chi connectivity index (χ2v) is 5.00. The van der Waals surface area contributed by atoms with E-state index in [0.29, 0.717) is 6.54 Å². The van der Waals surface area contributed by atoms with Gasteiger partial charge in [0.15, 0.2) is 4.88 Å². The van der Waals surface area contributed by atoms with Crippen molar-refractivity contribution in [2.24, 2.45) is 4.99 Å². The first kappa shape index (κ1) is 15.8. The summed E-state index contributed by atoms with van der Waals surface area (Å²) in [4.78, 5) is 27.1. The van der Waals surface area contributed by atoms with Gasteiger partial charge in [0.25, 0.3) is 4.87 Å². The van der Waals surface area contributed by atoms with Gasteiger partial charge < -0.3 is 19.2 Å². The summed E-state index contributed by atoms with van der Waals surface area (Å²) in [6.45, 7) is 0.343. The van der Waals surface area contributed by atoms with E-state index < -0.39 is 12.0 Å². The number of rotatable bonds is 4. The van der Waals surface area contributed by atoms with Gasteiger partial charge in [-0.2, -0.15) is 0 Å². The molecule has 0 radical (unpaired) electrons. The number of nitrogens with one attached hydrogen (secondary N) is 1. The third-order valence-electron chi connectivity index (χ3n) is 2.59. The van der Waals surface area contributed by atoms with Crippen molar-refractivity contribution in [2.45, 2.75) is 6.54 Å². The Kier molecular flexibility index (Phi) is 5.31. The number of benzene rings is 1. The minimum Gasteiger partial charge on any atom is -0.467 e. The molecule has 0 saturated heterocycles. The molecule has 0 unspecified atom stereocenters. The number of methoxy groups -OCH3 is 2. The van der Waals surface area contributed by atoms with Crippen LogP contribution in [0.15, 0.2) is 39.7 Å². The van der Waals surface area contributed by atoms with E-state index in [1.807, 2.05) is 30.3 Å². The van der Waals surface area contributed by atoms with Crippen LogP contribution in [0, 0.1) is 0 Å². The molecule has 1 aromatic carbocycles. The number of carbonyl (C=O) groups excluding carboxylic acids is 2. The fourth-order valence-electron chi connectivity index (χ4n) is 1.57. The quantitative estimate of drug-likeness (QED) is 0.869. The fourth-order valence-corrected chi connectivity index (χ4v) is 2.36.